The van der Waals surface area contributed by atoms with E-state index in [1.807, 2.05) is 13.1 Å². The van der Waals surface area contributed by atoms with Gasteiger partial charge in [0.1, 0.15) is 17.5 Å². The van der Waals surface area contributed by atoms with Crippen LogP contribution in [-0.2, 0) is 4.74 Å². The summed E-state index contributed by atoms with van der Waals surface area (Å²) >= 11 is 0. The highest BCUT2D eigenvalue weighted by Crippen LogP contribution is 2.39. The number of rotatable bonds is 5. The SMILES string of the molecule is CNc1cc(NC(C)C2CCOCC2)nc(C2CC2)n1. The largest absolute Gasteiger partial charge is 0.381 e. The van der Waals surface area contributed by atoms with E-state index in [-0.39, 0.29) is 0 Å². The monoisotopic (exact) mass is 276 g/mol. The average Bonchev–Trinajstić information content (AvgIpc) is 3.32. The van der Waals surface area contributed by atoms with Crippen molar-refractivity contribution in [2.75, 3.05) is 30.9 Å². The topological polar surface area (TPSA) is 59.1 Å². The zero-order valence-corrected chi connectivity index (χ0v) is 12.4. The first-order valence-corrected chi connectivity index (χ1v) is 7.67. The Labute approximate surface area is 120 Å². The van der Waals surface area contributed by atoms with Crippen molar-refractivity contribution in [3.63, 3.8) is 0 Å². The van der Waals surface area contributed by atoms with Crippen LogP contribution in [0.3, 0.4) is 0 Å². The fraction of sp³-hybridized carbons (Fsp3) is 0.733. The van der Waals surface area contributed by atoms with Crippen LogP contribution < -0.4 is 10.6 Å². The molecular formula is C15H24N4O. The molecule has 3 rings (SSSR count). The zero-order valence-electron chi connectivity index (χ0n) is 12.4. The Balaban J connectivity index is 1.70. The molecule has 2 fully saturated rings. The summed E-state index contributed by atoms with van der Waals surface area (Å²) in [6.45, 7) is 4.01. The van der Waals surface area contributed by atoms with Gasteiger partial charge in [0, 0.05) is 38.3 Å². The Hall–Kier alpha value is -1.36. The fourth-order valence-corrected chi connectivity index (χ4v) is 2.76. The second-order valence-electron chi connectivity index (χ2n) is 5.90. The van der Waals surface area contributed by atoms with Crippen LogP contribution in [-0.4, -0.2) is 36.3 Å². The zero-order chi connectivity index (χ0) is 13.9. The molecule has 1 unspecified atom stereocenters. The van der Waals surface area contributed by atoms with Crippen LogP contribution in [0.5, 0.6) is 0 Å². The van der Waals surface area contributed by atoms with Crippen LogP contribution in [0.2, 0.25) is 0 Å². The number of nitrogens with one attached hydrogen (secondary N) is 2. The van der Waals surface area contributed by atoms with Gasteiger partial charge in [0.05, 0.1) is 0 Å². The molecule has 0 spiro atoms. The lowest BCUT2D eigenvalue weighted by Gasteiger charge is -2.28. The third-order valence-corrected chi connectivity index (χ3v) is 4.29. The molecule has 5 heteroatoms. The van der Waals surface area contributed by atoms with Gasteiger partial charge in [0.25, 0.3) is 0 Å². The number of hydrogen-bond acceptors (Lipinski definition) is 5. The van der Waals surface area contributed by atoms with Gasteiger partial charge >= 0.3 is 0 Å². The number of ether oxygens (including phenoxy) is 1. The normalized spacial score (nSPS) is 21.5. The molecule has 2 N–H and O–H groups in total. The Bertz CT molecular complexity index is 455. The van der Waals surface area contributed by atoms with Gasteiger partial charge in [-0.25, -0.2) is 9.97 Å². The molecule has 1 saturated carbocycles. The highest BCUT2D eigenvalue weighted by molar-refractivity contribution is 5.48. The third kappa shape index (κ3) is 3.20. The van der Waals surface area contributed by atoms with E-state index in [1.165, 1.54) is 12.8 Å². The van der Waals surface area contributed by atoms with Crippen molar-refractivity contribution in [3.05, 3.63) is 11.9 Å². The van der Waals surface area contributed by atoms with E-state index in [4.69, 9.17) is 4.74 Å². The molecule has 5 nitrogen and oxygen atoms in total. The van der Waals surface area contributed by atoms with E-state index in [9.17, 15) is 0 Å². The minimum atomic E-state index is 0.422. The minimum absolute atomic E-state index is 0.422. The van der Waals surface area contributed by atoms with Gasteiger partial charge < -0.3 is 15.4 Å². The van der Waals surface area contributed by atoms with Crippen LogP contribution >= 0.6 is 0 Å². The molecule has 0 amide bonds. The van der Waals surface area contributed by atoms with Gasteiger partial charge in [-0.3, -0.25) is 0 Å². The average molecular weight is 276 g/mol. The summed E-state index contributed by atoms with van der Waals surface area (Å²) in [5, 5.41) is 6.69. The maximum atomic E-state index is 5.43. The first-order valence-electron chi connectivity index (χ1n) is 7.67. The highest BCUT2D eigenvalue weighted by Gasteiger charge is 2.28. The van der Waals surface area contributed by atoms with Crippen molar-refractivity contribution in [1.82, 2.24) is 9.97 Å². The summed E-state index contributed by atoms with van der Waals surface area (Å²) < 4.78 is 5.43. The predicted molar refractivity (Wildman–Crippen MR) is 80.2 cm³/mol. The summed E-state index contributed by atoms with van der Waals surface area (Å²) in [5.74, 6) is 4.08. The van der Waals surface area contributed by atoms with E-state index in [0.717, 1.165) is 43.5 Å². The molecule has 0 radical (unpaired) electrons. The molecule has 0 aromatic carbocycles. The number of hydrogen-bond donors (Lipinski definition) is 2. The Morgan fingerprint density at radius 1 is 1.15 bits per heavy atom. The number of anilines is 2. The summed E-state index contributed by atoms with van der Waals surface area (Å²) in [6, 6.07) is 2.42. The Morgan fingerprint density at radius 2 is 1.85 bits per heavy atom. The van der Waals surface area contributed by atoms with Gasteiger partial charge in [-0.05, 0) is 38.5 Å². The van der Waals surface area contributed by atoms with Gasteiger partial charge in [-0.1, -0.05) is 0 Å². The standard InChI is InChI=1S/C15H24N4O/c1-10(11-5-7-20-8-6-11)17-14-9-13(16-2)18-15(19-14)12-3-4-12/h9-12H,3-8H2,1-2H3,(H2,16,17,18,19). The number of nitrogens with zero attached hydrogens (tertiary/aromatic N) is 2. The number of aromatic nitrogens is 2. The lowest BCUT2D eigenvalue weighted by molar-refractivity contribution is 0.0622. The third-order valence-electron chi connectivity index (χ3n) is 4.29. The highest BCUT2D eigenvalue weighted by atomic mass is 16.5. The summed E-state index contributed by atoms with van der Waals surface area (Å²) in [4.78, 5) is 9.24. The van der Waals surface area contributed by atoms with Crippen molar-refractivity contribution in [2.24, 2.45) is 5.92 Å². The molecule has 2 heterocycles. The fourth-order valence-electron chi connectivity index (χ4n) is 2.76. The predicted octanol–water partition coefficient (Wildman–Crippen LogP) is 2.62. The van der Waals surface area contributed by atoms with E-state index in [2.05, 4.69) is 27.5 Å². The molecule has 110 valence electrons. The molecule has 1 aromatic rings. The van der Waals surface area contributed by atoms with Crippen LogP contribution in [0.4, 0.5) is 11.6 Å². The quantitative estimate of drug-likeness (QED) is 0.865. The van der Waals surface area contributed by atoms with Crippen molar-refractivity contribution in [2.45, 2.75) is 44.6 Å². The van der Waals surface area contributed by atoms with E-state index in [0.29, 0.717) is 17.9 Å². The lowest BCUT2D eigenvalue weighted by atomic mass is 9.93. The molecule has 1 saturated heterocycles. The van der Waals surface area contributed by atoms with Gasteiger partial charge in [0.2, 0.25) is 0 Å². The first kappa shape index (κ1) is 13.6. The minimum Gasteiger partial charge on any atom is -0.381 e. The van der Waals surface area contributed by atoms with Crippen LogP contribution in [0, 0.1) is 5.92 Å². The summed E-state index contributed by atoms with van der Waals surface area (Å²) in [7, 11) is 1.91. The molecule has 0 bridgehead atoms. The summed E-state index contributed by atoms with van der Waals surface area (Å²) in [6.07, 6.45) is 4.71. The van der Waals surface area contributed by atoms with Crippen LogP contribution in [0.15, 0.2) is 6.07 Å². The maximum absolute atomic E-state index is 5.43. The Kier molecular flexibility index (Phi) is 4.05. The summed E-state index contributed by atoms with van der Waals surface area (Å²) in [5.41, 5.74) is 0. The van der Waals surface area contributed by atoms with Crippen molar-refractivity contribution in [3.8, 4) is 0 Å². The van der Waals surface area contributed by atoms with Gasteiger partial charge in [-0.2, -0.15) is 0 Å². The molecule has 2 aliphatic rings. The first-order chi connectivity index (χ1) is 9.76. The van der Waals surface area contributed by atoms with Gasteiger partial charge in [-0.15, -0.1) is 0 Å². The molecule has 1 aliphatic heterocycles. The molecule has 1 atom stereocenters. The molecule has 1 aliphatic carbocycles. The second kappa shape index (κ2) is 5.95. The Morgan fingerprint density at radius 3 is 2.50 bits per heavy atom. The van der Waals surface area contributed by atoms with Crippen LogP contribution in [0.1, 0.15) is 44.3 Å². The molecular weight excluding hydrogens is 252 g/mol. The molecule has 1 aromatic heterocycles. The van der Waals surface area contributed by atoms with Crippen LogP contribution in [0.25, 0.3) is 0 Å². The van der Waals surface area contributed by atoms with Crippen molar-refractivity contribution in [1.29, 1.82) is 0 Å². The van der Waals surface area contributed by atoms with E-state index < -0.39 is 0 Å². The lowest BCUT2D eigenvalue weighted by Crippen LogP contribution is -2.31. The van der Waals surface area contributed by atoms with Crippen molar-refractivity contribution < 1.29 is 4.74 Å². The van der Waals surface area contributed by atoms with Gasteiger partial charge in [0.15, 0.2) is 0 Å². The van der Waals surface area contributed by atoms with E-state index >= 15 is 0 Å². The second-order valence-corrected chi connectivity index (χ2v) is 5.90. The molecule has 20 heavy (non-hydrogen) atoms. The smallest absolute Gasteiger partial charge is 0.136 e. The van der Waals surface area contributed by atoms with E-state index in [1.54, 1.807) is 0 Å². The maximum Gasteiger partial charge on any atom is 0.136 e. The van der Waals surface area contributed by atoms with Crippen molar-refractivity contribution >= 4 is 11.6 Å².